The fourth-order valence-electron chi connectivity index (χ4n) is 3.38. The number of fused-ring (bicyclic) bond motifs is 1. The number of aromatic hydroxyl groups is 1. The zero-order chi connectivity index (χ0) is 18.6. The minimum absolute atomic E-state index is 0.125. The third kappa shape index (κ3) is 3.65. The van der Waals surface area contributed by atoms with Gasteiger partial charge >= 0.3 is 0 Å². The summed E-state index contributed by atoms with van der Waals surface area (Å²) >= 11 is 1.47. The highest BCUT2D eigenvalue weighted by Crippen LogP contribution is 2.42. The lowest BCUT2D eigenvalue weighted by Crippen LogP contribution is -2.39. The predicted molar refractivity (Wildman–Crippen MR) is 104 cm³/mol. The zero-order valence-corrected chi connectivity index (χ0v) is 16.2. The normalized spacial score (nSPS) is 16.6. The van der Waals surface area contributed by atoms with Crippen LogP contribution in [0.1, 0.15) is 36.2 Å². The maximum atomic E-state index is 10.8. The van der Waals surface area contributed by atoms with Gasteiger partial charge in [0.05, 0.1) is 30.7 Å². The summed E-state index contributed by atoms with van der Waals surface area (Å²) in [5.74, 6) is 1.01. The van der Waals surface area contributed by atoms with Crippen molar-refractivity contribution in [2.75, 3.05) is 32.9 Å². The fraction of sp³-hybridized carbons (Fsp3) is 0.474. The third-order valence-electron chi connectivity index (χ3n) is 4.77. The van der Waals surface area contributed by atoms with Crippen LogP contribution >= 0.6 is 11.3 Å². The second kappa shape index (κ2) is 8.24. The lowest BCUT2D eigenvalue weighted by Gasteiger charge is -2.34. The van der Waals surface area contributed by atoms with E-state index in [4.69, 9.17) is 9.47 Å². The van der Waals surface area contributed by atoms with Gasteiger partial charge in [-0.05, 0) is 12.5 Å². The summed E-state index contributed by atoms with van der Waals surface area (Å²) in [6.45, 7) is 5.78. The van der Waals surface area contributed by atoms with Gasteiger partial charge < -0.3 is 14.6 Å². The lowest BCUT2D eigenvalue weighted by atomic mass is 10.0. The van der Waals surface area contributed by atoms with Gasteiger partial charge in [-0.15, -0.1) is 0 Å². The largest absolute Gasteiger partial charge is 0.493 e. The Labute approximate surface area is 162 Å². The molecule has 3 heterocycles. The molecule has 2 aromatic heterocycles. The molecule has 0 saturated carbocycles. The molecule has 144 valence electrons. The highest BCUT2D eigenvalue weighted by atomic mass is 32.1. The SMILES string of the molecule is CCCCOc1ccccc1C(c1sc2ncnn2c1O)N1CCOCC1. The first-order valence-electron chi connectivity index (χ1n) is 9.34. The Hall–Kier alpha value is -2.16. The van der Waals surface area contributed by atoms with E-state index in [1.165, 1.54) is 22.2 Å². The van der Waals surface area contributed by atoms with Gasteiger partial charge in [-0.3, -0.25) is 4.90 Å². The highest BCUT2D eigenvalue weighted by Gasteiger charge is 2.32. The third-order valence-corrected chi connectivity index (χ3v) is 5.85. The monoisotopic (exact) mass is 388 g/mol. The molecule has 0 radical (unpaired) electrons. The van der Waals surface area contributed by atoms with Crippen LogP contribution < -0.4 is 4.74 Å². The van der Waals surface area contributed by atoms with Crippen LogP contribution in [0.2, 0.25) is 0 Å². The summed E-state index contributed by atoms with van der Waals surface area (Å²) in [5, 5.41) is 15.0. The van der Waals surface area contributed by atoms with Crippen LogP contribution in [0.15, 0.2) is 30.6 Å². The summed E-state index contributed by atoms with van der Waals surface area (Å²) in [6.07, 6.45) is 3.56. The molecule has 0 bridgehead atoms. The van der Waals surface area contributed by atoms with E-state index >= 15 is 0 Å². The van der Waals surface area contributed by atoms with Crippen LogP contribution in [0.5, 0.6) is 11.6 Å². The minimum atomic E-state index is -0.125. The van der Waals surface area contributed by atoms with Crippen molar-refractivity contribution in [3.8, 4) is 11.6 Å². The summed E-state index contributed by atoms with van der Waals surface area (Å²) in [4.78, 5) is 8.09. The summed E-state index contributed by atoms with van der Waals surface area (Å²) < 4.78 is 13.1. The molecule has 1 saturated heterocycles. The maximum Gasteiger partial charge on any atom is 0.230 e. The van der Waals surface area contributed by atoms with Crippen molar-refractivity contribution in [3.63, 3.8) is 0 Å². The minimum Gasteiger partial charge on any atom is -0.493 e. The average Bonchev–Trinajstić information content (AvgIpc) is 3.28. The lowest BCUT2D eigenvalue weighted by molar-refractivity contribution is 0.0236. The van der Waals surface area contributed by atoms with Gasteiger partial charge in [-0.1, -0.05) is 42.9 Å². The number of rotatable bonds is 7. The van der Waals surface area contributed by atoms with E-state index in [0.717, 1.165) is 42.1 Å². The second-order valence-electron chi connectivity index (χ2n) is 6.54. The van der Waals surface area contributed by atoms with Crippen LogP contribution in [0, 0.1) is 0 Å². The van der Waals surface area contributed by atoms with E-state index in [9.17, 15) is 5.11 Å². The summed E-state index contributed by atoms with van der Waals surface area (Å²) in [7, 11) is 0. The van der Waals surface area contributed by atoms with Crippen LogP contribution in [0.25, 0.3) is 4.96 Å². The number of morpholine rings is 1. The molecule has 1 fully saturated rings. The number of aromatic nitrogens is 3. The maximum absolute atomic E-state index is 10.8. The number of unbranched alkanes of at least 4 members (excludes halogenated alkanes) is 1. The molecule has 27 heavy (non-hydrogen) atoms. The van der Waals surface area contributed by atoms with Crippen molar-refractivity contribution in [3.05, 3.63) is 41.0 Å². The highest BCUT2D eigenvalue weighted by molar-refractivity contribution is 7.17. The Morgan fingerprint density at radius 3 is 2.89 bits per heavy atom. The van der Waals surface area contributed by atoms with Gasteiger partial charge in [0.15, 0.2) is 0 Å². The number of para-hydroxylation sites is 1. The molecule has 1 unspecified atom stereocenters. The number of hydrogen-bond donors (Lipinski definition) is 1. The Morgan fingerprint density at radius 2 is 2.11 bits per heavy atom. The first-order chi connectivity index (χ1) is 13.3. The van der Waals surface area contributed by atoms with Crippen molar-refractivity contribution >= 4 is 16.3 Å². The van der Waals surface area contributed by atoms with E-state index < -0.39 is 0 Å². The molecule has 4 rings (SSSR count). The van der Waals surface area contributed by atoms with Gasteiger partial charge in [0.2, 0.25) is 10.8 Å². The number of ether oxygens (including phenoxy) is 2. The molecule has 1 atom stereocenters. The molecule has 0 spiro atoms. The van der Waals surface area contributed by atoms with E-state index in [2.05, 4.69) is 28.0 Å². The molecule has 7 nitrogen and oxygen atoms in total. The number of thiazole rings is 1. The Morgan fingerprint density at radius 1 is 1.30 bits per heavy atom. The Kier molecular flexibility index (Phi) is 5.56. The predicted octanol–water partition coefficient (Wildman–Crippen LogP) is 3.10. The Bertz CT molecular complexity index is 888. The number of hydrogen-bond acceptors (Lipinski definition) is 7. The van der Waals surface area contributed by atoms with Gasteiger partial charge in [0, 0.05) is 18.7 Å². The number of nitrogens with zero attached hydrogens (tertiary/aromatic N) is 4. The van der Waals surface area contributed by atoms with E-state index in [1.807, 2.05) is 18.2 Å². The number of benzene rings is 1. The van der Waals surface area contributed by atoms with Crippen molar-refractivity contribution in [2.45, 2.75) is 25.8 Å². The average molecular weight is 388 g/mol. The second-order valence-corrected chi connectivity index (χ2v) is 7.54. The molecule has 0 amide bonds. The molecule has 8 heteroatoms. The first-order valence-corrected chi connectivity index (χ1v) is 10.2. The molecule has 1 aromatic carbocycles. The van der Waals surface area contributed by atoms with E-state index in [-0.39, 0.29) is 11.9 Å². The van der Waals surface area contributed by atoms with Crippen LogP contribution in [-0.4, -0.2) is 57.5 Å². The molecule has 0 aliphatic carbocycles. The van der Waals surface area contributed by atoms with E-state index in [0.29, 0.717) is 24.8 Å². The van der Waals surface area contributed by atoms with Gasteiger partial charge in [0.25, 0.3) is 0 Å². The van der Waals surface area contributed by atoms with Gasteiger partial charge in [-0.25, -0.2) is 4.98 Å². The standard InChI is InChI=1S/C19H24N4O3S/c1-2-3-10-26-15-7-5-4-6-14(15)16(22-8-11-25-12-9-22)17-18(24)23-19(27-17)20-13-21-23/h4-7,13,16,24H,2-3,8-12H2,1H3. The van der Waals surface area contributed by atoms with Crippen molar-refractivity contribution < 1.29 is 14.6 Å². The quantitative estimate of drug-likeness (QED) is 0.627. The summed E-state index contributed by atoms with van der Waals surface area (Å²) in [6, 6.07) is 7.97. The molecule has 1 aliphatic rings. The van der Waals surface area contributed by atoms with Crippen LogP contribution in [-0.2, 0) is 4.74 Å². The molecule has 1 N–H and O–H groups in total. The Balaban J connectivity index is 1.76. The van der Waals surface area contributed by atoms with Gasteiger partial charge in [-0.2, -0.15) is 9.61 Å². The summed E-state index contributed by atoms with van der Waals surface area (Å²) in [5.41, 5.74) is 1.05. The zero-order valence-electron chi connectivity index (χ0n) is 15.4. The van der Waals surface area contributed by atoms with Crippen LogP contribution in [0.3, 0.4) is 0 Å². The fourth-order valence-corrected chi connectivity index (χ4v) is 4.46. The molecule has 1 aliphatic heterocycles. The topological polar surface area (TPSA) is 72.1 Å². The van der Waals surface area contributed by atoms with Crippen LogP contribution in [0.4, 0.5) is 0 Å². The molecular weight excluding hydrogens is 364 g/mol. The molecular formula is C19H24N4O3S. The first kappa shape index (κ1) is 18.2. The molecule has 3 aromatic rings. The van der Waals surface area contributed by atoms with Crippen molar-refractivity contribution in [1.29, 1.82) is 0 Å². The van der Waals surface area contributed by atoms with Crippen molar-refractivity contribution in [2.24, 2.45) is 0 Å². The van der Waals surface area contributed by atoms with E-state index in [1.54, 1.807) is 0 Å². The van der Waals surface area contributed by atoms with Gasteiger partial charge in [0.1, 0.15) is 12.1 Å². The van der Waals surface area contributed by atoms with Crippen molar-refractivity contribution in [1.82, 2.24) is 19.5 Å². The smallest absolute Gasteiger partial charge is 0.230 e.